The summed E-state index contributed by atoms with van der Waals surface area (Å²) in [6.07, 6.45) is 24.3. The number of hydrogen-bond donors (Lipinski definition) is 5. The summed E-state index contributed by atoms with van der Waals surface area (Å²) in [6.45, 7) is 9.46. The van der Waals surface area contributed by atoms with Crippen LogP contribution in [0, 0.1) is 26.5 Å². The maximum Gasteiger partial charge on any atom is 0.188 e. The Balaban J connectivity index is 0.0000000893. The number of aliphatic imine (C=N–C) groups is 5. The van der Waals surface area contributed by atoms with Gasteiger partial charge in [0, 0.05) is 243 Å². The SMILES string of the molecule is Brc1ccc2[nH]cc(C3=Nc4c(c5cccnc5c5ncccc45)C3)c2c1.Cc1[nH]c2ccccc2c1C1=Nc2c(c3cc(I)ccc3c3ccc(I)cc23)C1.Fc1ccc2[nH]cc(C3=Nc4c(c5cccnc5c5ncccc45)C3)c2c1.[C-]#[N+]c1ccc2[nH]cc(C3=Nc4c(c5cccnc5c5ncccc45)C3)c2c1.c1ccc(-c2[nH]c3ccccc3c2C2=Nc3c(c4cccnc4c4ncccc34)C2)cc1. The van der Waals surface area contributed by atoms with Crippen LogP contribution in [0.4, 0.5) is 38.5 Å². The number of rotatable bonds is 6. The van der Waals surface area contributed by atoms with Crippen molar-refractivity contribution in [1.29, 1.82) is 0 Å². The predicted molar refractivity (Wildman–Crippen MR) is 600 cm³/mol. The van der Waals surface area contributed by atoms with E-state index in [0.717, 1.165) is 235 Å². The zero-order valence-corrected chi connectivity index (χ0v) is 82.0. The molecule has 0 amide bonds. The van der Waals surface area contributed by atoms with Gasteiger partial charge >= 0.3 is 0 Å². The maximum absolute atomic E-state index is 13.8. The van der Waals surface area contributed by atoms with Crippen LogP contribution in [-0.2, 0) is 32.1 Å². The Morgan fingerprint density at radius 1 is 0.294 bits per heavy atom. The summed E-state index contributed by atoms with van der Waals surface area (Å²) < 4.78 is 17.4. The average molecular weight is 2130 g/mol. The van der Waals surface area contributed by atoms with Gasteiger partial charge < -0.3 is 24.9 Å². The van der Waals surface area contributed by atoms with Crippen LogP contribution < -0.4 is 0 Å². The van der Waals surface area contributed by atoms with Gasteiger partial charge in [0.2, 0.25) is 0 Å². The predicted octanol–water partition coefficient (Wildman–Crippen LogP) is 30.6. The summed E-state index contributed by atoms with van der Waals surface area (Å²) in [5, 5.41) is 19.3. The second kappa shape index (κ2) is 34.5. The molecule has 5 N–H and O–H groups in total. The van der Waals surface area contributed by atoms with Crippen molar-refractivity contribution < 1.29 is 4.39 Å². The first kappa shape index (κ1) is 85.3. The standard InChI is InChI=1S/C28H18N4.C25H16I2N2.C23H13N5.C22H13BrN4.C22H13FN4/c1-2-8-17(9-3-1)25-24(19-10-4-5-13-22(19)31-25)23-16-21-18-11-6-14-29-27(18)28-20(26(21)32-23)12-7-15-30-28;1-13-24(18-4-2-3-5-22(18)28-13)23-12-21-19-10-14(26)6-8-16(19)17-9-7-15(27)11-20(17)25(21)29-23;1-24-13-6-7-19-16(10-13)18(12-27-19)20-11-17-14-4-2-8-25-22(14)23-15(21(17)28-20)5-3-9-26-23;2*23-12-5-6-18-15(9-12)17(11-26-18)19-10-16-13-3-1-7-24-21(13)22-14(20(16)27-19)4-2-8-25-22/h1-15,31H,16H2;2-11,28H,12H2,1H3;2-10,12,27H,11H2;2*1-9,11,26H,10H2. The molecule has 0 saturated carbocycles. The molecule has 23 heteroatoms. The van der Waals surface area contributed by atoms with Crippen molar-refractivity contribution >= 4 is 287 Å². The largest absolute Gasteiger partial charge is 0.361 e. The van der Waals surface area contributed by atoms with E-state index in [4.69, 9.17) is 31.5 Å². The normalized spacial score (nSPS) is 13.3. The molecule has 26 aromatic rings. The minimum absolute atomic E-state index is 0.247. The summed E-state index contributed by atoms with van der Waals surface area (Å²) in [7, 11) is 0. The molecule has 0 fully saturated rings. The average Bonchev–Trinajstić information content (AvgIpc) is 1.62. The highest BCUT2D eigenvalue weighted by Crippen LogP contribution is 2.51. The van der Waals surface area contributed by atoms with Crippen molar-refractivity contribution in [3.05, 3.63) is 425 Å². The number of nitrogens with zero attached hydrogens (tertiary/aromatic N) is 14. The second-order valence-electron chi connectivity index (χ2n) is 36.2. The molecular weight excluding hydrogens is 2060 g/mol. The number of aromatic amines is 5. The summed E-state index contributed by atoms with van der Waals surface area (Å²) in [4.78, 5) is 83.0. The van der Waals surface area contributed by atoms with Crippen LogP contribution in [-0.4, -0.2) is 93.4 Å². The molecular formula is C120H73BrFI2N19. The van der Waals surface area contributed by atoms with Crippen molar-refractivity contribution in [3.63, 3.8) is 0 Å². The number of benzene rings is 13. The molecule has 0 unspecified atom stereocenters. The van der Waals surface area contributed by atoms with E-state index in [1.54, 1.807) is 30.7 Å². The number of halogens is 4. The number of aromatic nitrogens is 13. The topological polar surface area (TPSA) is 248 Å². The quantitative estimate of drug-likeness (QED) is 0.0607. The van der Waals surface area contributed by atoms with Gasteiger partial charge in [0.15, 0.2) is 5.69 Å². The molecule has 676 valence electrons. The molecule has 19 nitrogen and oxygen atoms in total. The maximum atomic E-state index is 13.8. The minimum Gasteiger partial charge on any atom is -0.361 e. The van der Waals surface area contributed by atoms with Crippen molar-refractivity contribution in [2.75, 3.05) is 0 Å². The Labute approximate surface area is 849 Å². The zero-order valence-electron chi connectivity index (χ0n) is 76.1. The Hall–Kier alpha value is -16.9. The van der Waals surface area contributed by atoms with Gasteiger partial charge in [-0.15, -0.1) is 0 Å². The van der Waals surface area contributed by atoms with Gasteiger partial charge in [0.1, 0.15) is 5.82 Å². The van der Waals surface area contributed by atoms with E-state index < -0.39 is 0 Å². The van der Waals surface area contributed by atoms with Crippen LogP contribution >= 0.6 is 61.1 Å². The number of aryl methyl sites for hydroxylation is 1. The first-order valence-corrected chi connectivity index (χ1v) is 49.9. The highest BCUT2D eigenvalue weighted by atomic mass is 127. The van der Waals surface area contributed by atoms with Gasteiger partial charge in [0.25, 0.3) is 0 Å². The highest BCUT2D eigenvalue weighted by Gasteiger charge is 2.33. The molecule has 143 heavy (non-hydrogen) atoms. The number of H-pyrrole nitrogens is 5. The Morgan fingerprint density at radius 2 is 0.636 bits per heavy atom. The molecule has 0 radical (unpaired) electrons. The number of hydrogen-bond acceptors (Lipinski definition) is 13. The van der Waals surface area contributed by atoms with Crippen molar-refractivity contribution in [3.8, 4) is 11.3 Å². The fourth-order valence-electron chi connectivity index (χ4n) is 21.9. The molecule has 0 bridgehead atoms. The fourth-order valence-corrected chi connectivity index (χ4v) is 23.2. The third-order valence-corrected chi connectivity index (χ3v) is 30.0. The molecule has 0 atom stereocenters. The minimum atomic E-state index is -0.247. The number of pyridine rings is 8. The van der Waals surface area contributed by atoms with Crippen LogP contribution in [0.2, 0.25) is 0 Å². The monoisotopic (exact) mass is 2130 g/mol. The number of para-hydroxylation sites is 2. The molecule has 0 aliphatic carbocycles. The smallest absolute Gasteiger partial charge is 0.188 e. The number of nitrogens with one attached hydrogen (secondary N) is 5. The summed E-state index contributed by atoms with van der Waals surface area (Å²) in [6, 6.07) is 90.2. The van der Waals surface area contributed by atoms with E-state index in [-0.39, 0.29) is 5.82 Å². The Bertz CT molecular complexity index is 10000. The number of fused-ring (bicyclic) bond motifs is 35. The van der Waals surface area contributed by atoms with Gasteiger partial charge in [-0.1, -0.05) is 125 Å². The summed E-state index contributed by atoms with van der Waals surface area (Å²) >= 11 is 8.39. The van der Waals surface area contributed by atoms with Gasteiger partial charge in [-0.25, -0.2) is 9.24 Å². The highest BCUT2D eigenvalue weighted by molar-refractivity contribution is 14.1. The van der Waals surface area contributed by atoms with Crippen LogP contribution in [0.1, 0.15) is 61.3 Å². The molecule has 13 aromatic carbocycles. The summed E-state index contributed by atoms with van der Waals surface area (Å²) in [5.41, 5.74) is 38.8. The molecule has 5 aliphatic heterocycles. The van der Waals surface area contributed by atoms with Gasteiger partial charge in [-0.3, -0.25) is 64.8 Å². The fraction of sp³-hybridized carbons (Fsp3) is 0.0500. The van der Waals surface area contributed by atoms with E-state index in [1.807, 2.05) is 128 Å². The summed E-state index contributed by atoms with van der Waals surface area (Å²) in [5.74, 6) is -0.247. The van der Waals surface area contributed by atoms with Crippen LogP contribution in [0.3, 0.4) is 0 Å². The van der Waals surface area contributed by atoms with Crippen LogP contribution in [0.25, 0.3) is 179 Å². The first-order valence-electron chi connectivity index (χ1n) is 47.0. The van der Waals surface area contributed by atoms with Crippen LogP contribution in [0.15, 0.2) is 365 Å². The lowest BCUT2D eigenvalue weighted by Crippen LogP contribution is -2.02. The van der Waals surface area contributed by atoms with E-state index in [9.17, 15) is 4.39 Å². The van der Waals surface area contributed by atoms with Crippen LogP contribution in [0.5, 0.6) is 0 Å². The molecule has 13 aromatic heterocycles. The van der Waals surface area contributed by atoms with Crippen molar-refractivity contribution in [2.45, 2.75) is 39.0 Å². The lowest BCUT2D eigenvalue weighted by atomic mass is 9.93. The van der Waals surface area contributed by atoms with E-state index in [1.165, 1.54) is 101 Å². The first-order chi connectivity index (χ1) is 70.4. The molecule has 5 aliphatic rings. The van der Waals surface area contributed by atoms with Gasteiger partial charge in [-0.05, 0) is 265 Å². The Kier molecular flexibility index (Phi) is 20.6. The molecule has 0 spiro atoms. The van der Waals surface area contributed by atoms with E-state index in [0.29, 0.717) is 12.1 Å². The van der Waals surface area contributed by atoms with Gasteiger partial charge in [0.05, 0.1) is 113 Å². The molecule has 18 heterocycles. The lowest BCUT2D eigenvalue weighted by molar-refractivity contribution is 0.629. The molecule has 31 rings (SSSR count). The molecule has 0 saturated heterocycles. The van der Waals surface area contributed by atoms with Gasteiger partial charge in [-0.2, -0.15) is 0 Å². The van der Waals surface area contributed by atoms with E-state index >= 15 is 0 Å². The zero-order chi connectivity index (χ0) is 95.3. The van der Waals surface area contributed by atoms with Crippen molar-refractivity contribution in [2.24, 2.45) is 25.0 Å². The Morgan fingerprint density at radius 3 is 1.10 bits per heavy atom. The third kappa shape index (κ3) is 14.4. The third-order valence-electron chi connectivity index (χ3n) is 28.2. The van der Waals surface area contributed by atoms with E-state index in [2.05, 4.69) is 308 Å². The van der Waals surface area contributed by atoms with Crippen molar-refractivity contribution in [1.82, 2.24) is 64.8 Å². The lowest BCUT2D eigenvalue weighted by Gasteiger charge is -2.11. The second-order valence-corrected chi connectivity index (χ2v) is 39.6.